The number of para-hydroxylation sites is 2. The molecule has 0 amide bonds. The summed E-state index contributed by atoms with van der Waals surface area (Å²) in [5.41, 5.74) is 14.6. The molecule has 0 atom stereocenters. The fraction of sp³-hybridized carbons (Fsp3) is 0. The SMILES string of the molecule is c1ccc(-c2ccccc2-c2ccccc2-c2ccccc2N(c2ccc(-c3cccc4c3sc3ccccc34)cc2)c2ccc3oc4ccccc4c3c2)cc1. The molecule has 2 nitrogen and oxygen atoms in total. The summed E-state index contributed by atoms with van der Waals surface area (Å²) in [6.07, 6.45) is 0. The molecule has 0 fully saturated rings. The van der Waals surface area contributed by atoms with Crippen LogP contribution in [0.1, 0.15) is 0 Å². The summed E-state index contributed by atoms with van der Waals surface area (Å²) in [7, 11) is 0. The molecule has 9 aromatic carbocycles. The zero-order valence-corrected chi connectivity index (χ0v) is 31.8. The first-order valence-electron chi connectivity index (χ1n) is 19.3. The van der Waals surface area contributed by atoms with E-state index in [1.54, 1.807) is 0 Å². The minimum Gasteiger partial charge on any atom is -0.456 e. The van der Waals surface area contributed by atoms with E-state index >= 15 is 0 Å². The maximum absolute atomic E-state index is 6.31. The molecule has 0 saturated heterocycles. The maximum atomic E-state index is 6.31. The number of anilines is 3. The second-order valence-corrected chi connectivity index (χ2v) is 15.5. The van der Waals surface area contributed by atoms with Crippen LogP contribution >= 0.6 is 11.3 Å². The Morgan fingerprint density at radius 3 is 1.68 bits per heavy atom. The van der Waals surface area contributed by atoms with E-state index in [1.165, 1.54) is 59.1 Å². The second-order valence-electron chi connectivity index (χ2n) is 14.4. The Balaban J connectivity index is 1.10. The third-order valence-electron chi connectivity index (χ3n) is 11.1. The fourth-order valence-corrected chi connectivity index (χ4v) is 9.72. The van der Waals surface area contributed by atoms with Gasteiger partial charge in [-0.15, -0.1) is 11.3 Å². The molecule has 0 saturated carbocycles. The molecule has 2 aromatic heterocycles. The van der Waals surface area contributed by atoms with Gasteiger partial charge >= 0.3 is 0 Å². The Bertz CT molecular complexity index is 3250. The van der Waals surface area contributed by atoms with Crippen molar-refractivity contribution in [2.75, 3.05) is 4.90 Å². The predicted molar refractivity (Wildman–Crippen MR) is 243 cm³/mol. The monoisotopic (exact) mass is 745 g/mol. The van der Waals surface area contributed by atoms with Crippen LogP contribution in [0, 0.1) is 0 Å². The van der Waals surface area contributed by atoms with E-state index in [0.29, 0.717) is 0 Å². The van der Waals surface area contributed by atoms with Gasteiger partial charge in [-0.1, -0.05) is 164 Å². The van der Waals surface area contributed by atoms with Gasteiger partial charge in [-0.25, -0.2) is 0 Å². The fourth-order valence-electron chi connectivity index (χ4n) is 8.48. The first-order valence-corrected chi connectivity index (χ1v) is 20.2. The highest BCUT2D eigenvalue weighted by molar-refractivity contribution is 7.26. The van der Waals surface area contributed by atoms with Gasteiger partial charge in [0.2, 0.25) is 0 Å². The highest BCUT2D eigenvalue weighted by atomic mass is 32.1. The molecule has 11 aromatic rings. The van der Waals surface area contributed by atoms with Crippen LogP contribution in [-0.4, -0.2) is 0 Å². The largest absolute Gasteiger partial charge is 0.456 e. The van der Waals surface area contributed by atoms with Crippen molar-refractivity contribution in [1.29, 1.82) is 0 Å². The lowest BCUT2D eigenvalue weighted by molar-refractivity contribution is 0.669. The summed E-state index contributed by atoms with van der Waals surface area (Å²) in [6, 6.07) is 76.4. The molecule has 57 heavy (non-hydrogen) atoms. The Labute approximate surface area is 335 Å². The van der Waals surface area contributed by atoms with Gasteiger partial charge in [-0.2, -0.15) is 0 Å². The zero-order chi connectivity index (χ0) is 37.7. The van der Waals surface area contributed by atoms with E-state index in [1.807, 2.05) is 23.5 Å². The quantitative estimate of drug-likeness (QED) is 0.162. The second kappa shape index (κ2) is 13.8. The standard InChI is InChI=1S/C54H35NOS/c1-2-15-36(16-3-1)40-17-4-5-18-42(40)43-19-6-7-20-44(43)45-21-8-11-26-50(45)55(39-33-34-52-49(35-39)46-22-9-12-27-51(46)56-52)38-31-29-37(30-32-38)41-24-14-25-48-47-23-10-13-28-53(47)57-54(41)48/h1-35H. The van der Waals surface area contributed by atoms with Gasteiger partial charge in [0.1, 0.15) is 11.2 Å². The number of furan rings is 1. The number of rotatable bonds is 7. The van der Waals surface area contributed by atoms with Gasteiger partial charge in [-0.3, -0.25) is 0 Å². The molecule has 2 heterocycles. The zero-order valence-electron chi connectivity index (χ0n) is 31.0. The van der Waals surface area contributed by atoms with Crippen molar-refractivity contribution in [1.82, 2.24) is 0 Å². The molecule has 0 aliphatic rings. The molecule has 0 bridgehead atoms. The van der Waals surface area contributed by atoms with Crippen molar-refractivity contribution in [2.24, 2.45) is 0 Å². The van der Waals surface area contributed by atoms with E-state index in [2.05, 4.69) is 205 Å². The number of nitrogens with zero attached hydrogens (tertiary/aromatic N) is 1. The van der Waals surface area contributed by atoms with Crippen LogP contribution in [0.3, 0.4) is 0 Å². The molecule has 11 rings (SSSR count). The van der Waals surface area contributed by atoms with Gasteiger partial charge in [0.25, 0.3) is 0 Å². The highest BCUT2D eigenvalue weighted by Gasteiger charge is 2.21. The lowest BCUT2D eigenvalue weighted by atomic mass is 9.88. The Kier molecular flexibility index (Phi) is 8.04. The molecule has 0 unspecified atom stereocenters. The summed E-state index contributed by atoms with van der Waals surface area (Å²) < 4.78 is 8.94. The van der Waals surface area contributed by atoms with Crippen molar-refractivity contribution in [3.63, 3.8) is 0 Å². The highest BCUT2D eigenvalue weighted by Crippen LogP contribution is 2.47. The van der Waals surface area contributed by atoms with Gasteiger partial charge in [0, 0.05) is 47.9 Å². The first-order chi connectivity index (χ1) is 28.3. The van der Waals surface area contributed by atoms with Crippen LogP contribution in [-0.2, 0) is 0 Å². The van der Waals surface area contributed by atoms with Crippen LogP contribution in [0.4, 0.5) is 17.1 Å². The maximum Gasteiger partial charge on any atom is 0.135 e. The summed E-state index contributed by atoms with van der Waals surface area (Å²) in [6.45, 7) is 0. The van der Waals surface area contributed by atoms with Crippen LogP contribution < -0.4 is 4.90 Å². The van der Waals surface area contributed by atoms with Crippen LogP contribution in [0.25, 0.3) is 86.6 Å². The number of benzene rings is 9. The average Bonchev–Trinajstić information content (AvgIpc) is 3.86. The van der Waals surface area contributed by atoms with Crippen LogP contribution in [0.15, 0.2) is 217 Å². The first kappa shape index (κ1) is 33.2. The number of hydrogen-bond acceptors (Lipinski definition) is 3. The van der Waals surface area contributed by atoms with Crippen molar-refractivity contribution >= 4 is 70.5 Å². The van der Waals surface area contributed by atoms with E-state index in [0.717, 1.165) is 44.6 Å². The molecule has 0 N–H and O–H groups in total. The van der Waals surface area contributed by atoms with Gasteiger partial charge in [0.05, 0.1) is 5.69 Å². The summed E-state index contributed by atoms with van der Waals surface area (Å²) >= 11 is 1.87. The summed E-state index contributed by atoms with van der Waals surface area (Å²) in [5, 5.41) is 4.82. The minimum atomic E-state index is 0.878. The van der Waals surface area contributed by atoms with Gasteiger partial charge < -0.3 is 9.32 Å². The lowest BCUT2D eigenvalue weighted by Crippen LogP contribution is -2.11. The van der Waals surface area contributed by atoms with E-state index in [4.69, 9.17) is 4.42 Å². The molecular formula is C54H35NOS. The smallest absolute Gasteiger partial charge is 0.135 e. The Morgan fingerprint density at radius 1 is 0.333 bits per heavy atom. The number of hydrogen-bond donors (Lipinski definition) is 0. The van der Waals surface area contributed by atoms with Crippen molar-refractivity contribution in [2.45, 2.75) is 0 Å². The number of thiophene rings is 1. The third-order valence-corrected chi connectivity index (χ3v) is 12.3. The Hall–Kier alpha value is -7.20. The van der Waals surface area contributed by atoms with Crippen molar-refractivity contribution in [3.8, 4) is 44.5 Å². The lowest BCUT2D eigenvalue weighted by Gasteiger charge is -2.29. The van der Waals surface area contributed by atoms with Gasteiger partial charge in [-0.05, 0) is 87.5 Å². The van der Waals surface area contributed by atoms with Crippen LogP contribution in [0.2, 0.25) is 0 Å². The molecule has 0 aliphatic heterocycles. The van der Waals surface area contributed by atoms with Crippen LogP contribution in [0.5, 0.6) is 0 Å². The molecule has 0 spiro atoms. The topological polar surface area (TPSA) is 16.4 Å². The summed E-state index contributed by atoms with van der Waals surface area (Å²) in [5.74, 6) is 0. The average molecular weight is 746 g/mol. The van der Waals surface area contributed by atoms with E-state index in [-0.39, 0.29) is 0 Å². The molecule has 0 aliphatic carbocycles. The van der Waals surface area contributed by atoms with E-state index in [9.17, 15) is 0 Å². The predicted octanol–water partition coefficient (Wildman–Crippen LogP) is 16.1. The third kappa shape index (κ3) is 5.71. The molecule has 3 heteroatoms. The van der Waals surface area contributed by atoms with E-state index < -0.39 is 0 Å². The van der Waals surface area contributed by atoms with Crippen molar-refractivity contribution < 1.29 is 4.42 Å². The van der Waals surface area contributed by atoms with Gasteiger partial charge in [0.15, 0.2) is 0 Å². The molecule has 0 radical (unpaired) electrons. The molecular weight excluding hydrogens is 711 g/mol. The minimum absolute atomic E-state index is 0.878. The summed E-state index contributed by atoms with van der Waals surface area (Å²) in [4.78, 5) is 2.40. The normalized spacial score (nSPS) is 11.5. The molecule has 268 valence electrons. The Morgan fingerprint density at radius 2 is 0.877 bits per heavy atom. The number of fused-ring (bicyclic) bond motifs is 6. The van der Waals surface area contributed by atoms with Crippen molar-refractivity contribution in [3.05, 3.63) is 212 Å².